The molecule has 3 rings (SSSR count). The lowest BCUT2D eigenvalue weighted by molar-refractivity contribution is 0.0962. The minimum absolute atomic E-state index is 0.0564. The molecule has 1 atom stereocenters. The predicted molar refractivity (Wildman–Crippen MR) is 122 cm³/mol. The Hall–Kier alpha value is -1.17. The average molecular weight is 420 g/mol. The van der Waals surface area contributed by atoms with Crippen LogP contribution in [-0.4, -0.2) is 24.0 Å². The number of ketones is 1. The highest BCUT2D eigenvalue weighted by Crippen LogP contribution is 2.37. The molecule has 1 fully saturated rings. The van der Waals surface area contributed by atoms with Crippen molar-refractivity contribution in [2.75, 3.05) is 13.1 Å². The minimum Gasteiger partial charge on any atom is -0.513 e. The number of piperidine rings is 1. The van der Waals surface area contributed by atoms with Crippen LogP contribution in [0.3, 0.4) is 0 Å². The molecule has 28 heavy (non-hydrogen) atoms. The largest absolute Gasteiger partial charge is 0.513 e. The number of rotatable bonds is 8. The second-order valence-corrected chi connectivity index (χ2v) is 11.6. The molecule has 1 unspecified atom stereocenters. The maximum atomic E-state index is 12.7. The van der Waals surface area contributed by atoms with Crippen LogP contribution in [0.2, 0.25) is 0 Å². The average Bonchev–Trinajstić information content (AvgIpc) is 3.18. The lowest BCUT2D eigenvalue weighted by atomic mass is 9.77. The van der Waals surface area contributed by atoms with Crippen LogP contribution >= 0.6 is 22.7 Å². The molecule has 2 aromatic rings. The second-order valence-electron chi connectivity index (χ2n) is 9.17. The monoisotopic (exact) mass is 419 g/mol. The van der Waals surface area contributed by atoms with Gasteiger partial charge in [0.15, 0.2) is 5.78 Å². The zero-order chi connectivity index (χ0) is 20.3. The highest BCUT2D eigenvalue weighted by atomic mass is 32.2. The molecule has 0 radical (unpaired) electrons. The Morgan fingerprint density at radius 1 is 1.29 bits per heavy atom. The van der Waals surface area contributed by atoms with Crippen molar-refractivity contribution in [2.45, 2.75) is 59.3 Å². The summed E-state index contributed by atoms with van der Waals surface area (Å²) in [4.78, 5) is 15.0. The number of thiophene rings is 2. The van der Waals surface area contributed by atoms with Gasteiger partial charge in [-0.2, -0.15) is 0 Å². The van der Waals surface area contributed by atoms with Crippen LogP contribution in [0.25, 0.3) is 9.40 Å². The molecule has 1 saturated heterocycles. The summed E-state index contributed by atoms with van der Waals surface area (Å²) in [5.41, 5.74) is -0.0921. The number of carbonyl (C=O) groups is 1. The number of nitrogens with one attached hydrogen (secondary N) is 1. The van der Waals surface area contributed by atoms with Gasteiger partial charge in [0.05, 0.1) is 14.6 Å². The summed E-state index contributed by atoms with van der Waals surface area (Å²) in [6, 6.07) is 4.34. The molecule has 0 aliphatic carbocycles. The van der Waals surface area contributed by atoms with E-state index >= 15 is 0 Å². The van der Waals surface area contributed by atoms with Crippen LogP contribution in [0.15, 0.2) is 24.5 Å². The molecular weight excluding hydrogens is 386 g/mol. The van der Waals surface area contributed by atoms with Crippen molar-refractivity contribution >= 4 is 37.9 Å². The topological polar surface area (TPSA) is 49.3 Å². The Morgan fingerprint density at radius 2 is 2.00 bits per heavy atom. The van der Waals surface area contributed by atoms with Crippen LogP contribution in [0.4, 0.5) is 0 Å². The van der Waals surface area contributed by atoms with Gasteiger partial charge >= 0.3 is 0 Å². The number of fused-ring (bicyclic) bond motifs is 1. The number of aliphatic hydroxyl groups excluding tert-OH is 1. The molecule has 1 aliphatic rings. The minimum atomic E-state index is -0.0921. The fourth-order valence-electron chi connectivity index (χ4n) is 4.17. The highest BCUT2D eigenvalue weighted by molar-refractivity contribution is 7.39. The van der Waals surface area contributed by atoms with Crippen molar-refractivity contribution in [1.29, 1.82) is 0 Å². The van der Waals surface area contributed by atoms with E-state index in [1.54, 1.807) is 11.3 Å². The molecule has 2 N–H and O–H groups in total. The summed E-state index contributed by atoms with van der Waals surface area (Å²) >= 11 is 3.48. The van der Waals surface area contributed by atoms with E-state index in [4.69, 9.17) is 0 Å². The molecule has 5 heteroatoms. The molecule has 3 nitrogen and oxygen atoms in total. The van der Waals surface area contributed by atoms with Crippen molar-refractivity contribution in [3.05, 3.63) is 34.2 Å². The predicted octanol–water partition coefficient (Wildman–Crippen LogP) is 6.59. The lowest BCUT2D eigenvalue weighted by Gasteiger charge is -2.29. The van der Waals surface area contributed by atoms with Gasteiger partial charge in [0.1, 0.15) is 0 Å². The van der Waals surface area contributed by atoms with E-state index in [-0.39, 0.29) is 22.9 Å². The zero-order valence-electron chi connectivity index (χ0n) is 17.3. The van der Waals surface area contributed by atoms with E-state index in [0.29, 0.717) is 12.8 Å². The van der Waals surface area contributed by atoms with Gasteiger partial charge in [-0.1, -0.05) is 27.4 Å². The summed E-state index contributed by atoms with van der Waals surface area (Å²) in [5, 5.41) is 14.5. The highest BCUT2D eigenvalue weighted by Gasteiger charge is 2.28. The first-order chi connectivity index (χ1) is 13.2. The molecule has 154 valence electrons. The van der Waals surface area contributed by atoms with E-state index in [9.17, 15) is 9.90 Å². The Kier molecular flexibility index (Phi) is 7.00. The first-order valence-corrected chi connectivity index (χ1v) is 12.0. The fraction of sp³-hybridized carbons (Fsp3) is 0.609. The van der Waals surface area contributed by atoms with Crippen LogP contribution in [0.1, 0.15) is 67.4 Å². The SMILES string of the molecule is C=C(O)C(CCC(=O)c1cc2cc(CCC3CCNCC3)sc2s1)C(C)(C)C. The van der Waals surface area contributed by atoms with Crippen LogP contribution in [0, 0.1) is 17.3 Å². The number of hydrogen-bond acceptors (Lipinski definition) is 5. The fourth-order valence-corrected chi connectivity index (χ4v) is 6.64. The molecule has 3 heterocycles. The number of carbonyl (C=O) groups excluding carboxylic acids is 1. The summed E-state index contributed by atoms with van der Waals surface area (Å²) in [6.07, 6.45) is 6.14. The van der Waals surface area contributed by atoms with Crippen molar-refractivity contribution in [2.24, 2.45) is 17.3 Å². The van der Waals surface area contributed by atoms with E-state index in [0.717, 1.165) is 30.3 Å². The van der Waals surface area contributed by atoms with E-state index in [1.165, 1.54) is 33.5 Å². The molecular formula is C23H33NO2S2. The number of allylic oxidation sites excluding steroid dienone is 1. The first kappa shape index (κ1) is 21.5. The lowest BCUT2D eigenvalue weighted by Crippen LogP contribution is -2.27. The Bertz CT molecular complexity index is 790. The standard InChI is InChI=1S/C23H33NO2S2/c1-15(25)19(23(2,3)4)7-8-20(26)21-14-17-13-18(27-22(17)28-21)6-5-16-9-11-24-12-10-16/h13-14,16,19,24-25H,1,5-12H2,2-4H3. The maximum Gasteiger partial charge on any atom is 0.172 e. The van der Waals surface area contributed by atoms with Gasteiger partial charge in [-0.05, 0) is 68.7 Å². The summed E-state index contributed by atoms with van der Waals surface area (Å²) in [5.74, 6) is 1.17. The van der Waals surface area contributed by atoms with Crippen LogP contribution in [-0.2, 0) is 6.42 Å². The van der Waals surface area contributed by atoms with Crippen molar-refractivity contribution in [3.63, 3.8) is 0 Å². The van der Waals surface area contributed by atoms with Gasteiger partial charge in [-0.3, -0.25) is 4.79 Å². The Labute approximate surface area is 176 Å². The van der Waals surface area contributed by atoms with Gasteiger partial charge in [-0.25, -0.2) is 0 Å². The normalized spacial score (nSPS) is 17.1. The summed E-state index contributed by atoms with van der Waals surface area (Å²) in [7, 11) is 0. The Balaban J connectivity index is 1.57. The van der Waals surface area contributed by atoms with Crippen LogP contribution in [0.5, 0.6) is 0 Å². The molecule has 0 spiro atoms. The van der Waals surface area contributed by atoms with Crippen molar-refractivity contribution < 1.29 is 9.90 Å². The van der Waals surface area contributed by atoms with Crippen molar-refractivity contribution in [1.82, 2.24) is 5.32 Å². The van der Waals surface area contributed by atoms with Gasteiger partial charge < -0.3 is 10.4 Å². The third-order valence-corrected chi connectivity index (χ3v) is 8.40. The van der Waals surface area contributed by atoms with Gasteiger partial charge in [0.25, 0.3) is 0 Å². The maximum absolute atomic E-state index is 12.7. The number of hydrogen-bond donors (Lipinski definition) is 2. The second kappa shape index (κ2) is 9.10. The molecule has 1 aliphatic heterocycles. The van der Waals surface area contributed by atoms with Crippen molar-refractivity contribution in [3.8, 4) is 0 Å². The first-order valence-electron chi connectivity index (χ1n) is 10.4. The summed E-state index contributed by atoms with van der Waals surface area (Å²) < 4.78 is 1.27. The van der Waals surface area contributed by atoms with E-state index in [1.807, 2.05) is 11.3 Å². The van der Waals surface area contributed by atoms with E-state index in [2.05, 4.69) is 44.8 Å². The summed E-state index contributed by atoms with van der Waals surface area (Å²) in [6.45, 7) is 12.3. The smallest absolute Gasteiger partial charge is 0.172 e. The molecule has 0 aromatic carbocycles. The quantitative estimate of drug-likeness (QED) is 0.375. The number of Topliss-reactive ketones (excluding diaryl/α,β-unsaturated/α-hetero) is 1. The molecule has 2 aromatic heterocycles. The zero-order valence-corrected chi connectivity index (χ0v) is 19.0. The van der Waals surface area contributed by atoms with Gasteiger partial charge in [-0.15, -0.1) is 22.7 Å². The van der Waals surface area contributed by atoms with Crippen LogP contribution < -0.4 is 5.32 Å². The third kappa shape index (κ3) is 5.46. The molecule has 0 bridgehead atoms. The van der Waals surface area contributed by atoms with E-state index < -0.39 is 0 Å². The molecule has 0 amide bonds. The molecule has 0 saturated carbocycles. The third-order valence-electron chi connectivity index (χ3n) is 5.91. The number of aryl methyl sites for hydroxylation is 1. The van der Waals surface area contributed by atoms with Gasteiger partial charge in [0, 0.05) is 22.6 Å². The Morgan fingerprint density at radius 3 is 2.61 bits per heavy atom. The van der Waals surface area contributed by atoms with Gasteiger partial charge in [0.2, 0.25) is 0 Å². The number of aliphatic hydroxyl groups is 1.